The average Bonchev–Trinajstić information content (AvgIpc) is 3.05. The van der Waals surface area contributed by atoms with E-state index in [1.165, 1.54) is 6.20 Å². The number of nitrogens with one attached hydrogen (secondary N) is 1. The normalized spacial score (nSPS) is 11.0. The second-order valence-corrected chi connectivity index (χ2v) is 6.11. The van der Waals surface area contributed by atoms with Crippen LogP contribution in [0.4, 0.5) is 8.78 Å². The van der Waals surface area contributed by atoms with Crippen molar-refractivity contribution in [1.82, 2.24) is 9.97 Å². The molecule has 2 aromatic heterocycles. The number of carbonyl (C=O) groups is 1. The van der Waals surface area contributed by atoms with E-state index in [2.05, 4.69) is 16.0 Å². The Balaban J connectivity index is 1.85. The maximum absolute atomic E-state index is 14.0. The SMILES string of the molecule is O=C(c1c(F)[c]ccc1F)c1c[nH]c2ncc(-c3ccc(Cl)cc3)cc12. The number of ketones is 1. The highest BCUT2D eigenvalue weighted by molar-refractivity contribution is 6.30. The first-order valence-electron chi connectivity index (χ1n) is 7.68. The van der Waals surface area contributed by atoms with Gasteiger partial charge in [0.25, 0.3) is 0 Å². The zero-order chi connectivity index (χ0) is 18.3. The van der Waals surface area contributed by atoms with Gasteiger partial charge in [-0.05, 0) is 35.9 Å². The molecule has 26 heavy (non-hydrogen) atoms. The number of aromatic amines is 1. The Morgan fingerprint density at radius 3 is 2.62 bits per heavy atom. The first-order valence-corrected chi connectivity index (χ1v) is 8.06. The van der Waals surface area contributed by atoms with Gasteiger partial charge in [0.05, 0.1) is 5.56 Å². The molecular formula is C20H10ClF2N2O. The summed E-state index contributed by atoms with van der Waals surface area (Å²) >= 11 is 5.90. The number of hydrogen-bond acceptors (Lipinski definition) is 2. The molecule has 0 aliphatic heterocycles. The van der Waals surface area contributed by atoms with Crippen LogP contribution in [0.1, 0.15) is 15.9 Å². The summed E-state index contributed by atoms with van der Waals surface area (Å²) in [7, 11) is 0. The lowest BCUT2D eigenvalue weighted by molar-refractivity contribution is 0.103. The quantitative estimate of drug-likeness (QED) is 0.506. The maximum atomic E-state index is 14.0. The van der Waals surface area contributed by atoms with E-state index in [1.54, 1.807) is 24.4 Å². The zero-order valence-electron chi connectivity index (χ0n) is 13.2. The molecule has 0 saturated heterocycles. The first kappa shape index (κ1) is 16.4. The van der Waals surface area contributed by atoms with E-state index in [1.807, 2.05) is 12.1 Å². The number of rotatable bonds is 3. The van der Waals surface area contributed by atoms with Crippen LogP contribution in [-0.4, -0.2) is 15.8 Å². The van der Waals surface area contributed by atoms with E-state index in [-0.39, 0.29) is 5.56 Å². The molecule has 0 aliphatic carbocycles. The van der Waals surface area contributed by atoms with Crippen LogP contribution in [0.25, 0.3) is 22.2 Å². The Labute approximate surface area is 152 Å². The van der Waals surface area contributed by atoms with Gasteiger partial charge >= 0.3 is 0 Å². The molecule has 2 heterocycles. The van der Waals surface area contributed by atoms with E-state index in [0.717, 1.165) is 23.3 Å². The Hall–Kier alpha value is -3.05. The molecule has 4 rings (SSSR count). The summed E-state index contributed by atoms with van der Waals surface area (Å²) in [6, 6.07) is 13.2. The van der Waals surface area contributed by atoms with Crippen LogP contribution >= 0.6 is 11.6 Å². The van der Waals surface area contributed by atoms with Crippen molar-refractivity contribution in [2.75, 3.05) is 0 Å². The molecule has 127 valence electrons. The highest BCUT2D eigenvalue weighted by Gasteiger charge is 2.22. The van der Waals surface area contributed by atoms with Crippen LogP contribution in [-0.2, 0) is 0 Å². The highest BCUT2D eigenvalue weighted by Crippen LogP contribution is 2.28. The van der Waals surface area contributed by atoms with Gasteiger partial charge in [-0.15, -0.1) is 0 Å². The topological polar surface area (TPSA) is 45.8 Å². The second kappa shape index (κ2) is 6.35. The third-order valence-corrected chi connectivity index (χ3v) is 4.33. The van der Waals surface area contributed by atoms with E-state index in [9.17, 15) is 13.6 Å². The number of pyridine rings is 1. The molecule has 2 aromatic carbocycles. The van der Waals surface area contributed by atoms with E-state index in [4.69, 9.17) is 11.6 Å². The number of halogens is 3. The molecule has 4 aromatic rings. The van der Waals surface area contributed by atoms with Crippen molar-refractivity contribution in [3.63, 3.8) is 0 Å². The van der Waals surface area contributed by atoms with Crippen LogP contribution in [0.5, 0.6) is 0 Å². The molecule has 1 N–H and O–H groups in total. The monoisotopic (exact) mass is 367 g/mol. The molecule has 0 unspecified atom stereocenters. The van der Waals surface area contributed by atoms with Gasteiger partial charge < -0.3 is 4.98 Å². The predicted molar refractivity (Wildman–Crippen MR) is 95.2 cm³/mol. The molecule has 0 aliphatic rings. The summed E-state index contributed by atoms with van der Waals surface area (Å²) in [6.45, 7) is 0. The van der Waals surface area contributed by atoms with Gasteiger partial charge in [-0.25, -0.2) is 13.8 Å². The molecule has 0 saturated carbocycles. The van der Waals surface area contributed by atoms with Crippen LogP contribution in [0.2, 0.25) is 5.02 Å². The highest BCUT2D eigenvalue weighted by atomic mass is 35.5. The summed E-state index contributed by atoms with van der Waals surface area (Å²) < 4.78 is 27.9. The van der Waals surface area contributed by atoms with Crippen molar-refractivity contribution in [1.29, 1.82) is 0 Å². The number of H-pyrrole nitrogens is 1. The largest absolute Gasteiger partial charge is 0.345 e. The minimum atomic E-state index is -1.02. The lowest BCUT2D eigenvalue weighted by atomic mass is 10.0. The van der Waals surface area contributed by atoms with Crippen molar-refractivity contribution >= 4 is 28.4 Å². The molecule has 0 atom stereocenters. The minimum Gasteiger partial charge on any atom is -0.345 e. The van der Waals surface area contributed by atoms with Crippen molar-refractivity contribution in [2.45, 2.75) is 0 Å². The van der Waals surface area contributed by atoms with Crippen molar-refractivity contribution in [2.24, 2.45) is 0 Å². The van der Waals surface area contributed by atoms with Gasteiger partial charge in [-0.2, -0.15) is 0 Å². The van der Waals surface area contributed by atoms with Gasteiger partial charge in [-0.1, -0.05) is 23.7 Å². The molecule has 0 amide bonds. The van der Waals surface area contributed by atoms with E-state index < -0.39 is 23.0 Å². The molecule has 0 bridgehead atoms. The standard InChI is InChI=1S/C20H10ClF2N2O/c21-13-6-4-11(5-7-13)12-8-14-15(10-25-20(14)24-9-12)19(26)18-16(22)2-1-3-17(18)23/h1-2,4-10H,(H,24,25). The predicted octanol–water partition coefficient (Wildman–Crippen LogP) is 5.19. The fraction of sp³-hybridized carbons (Fsp3) is 0. The van der Waals surface area contributed by atoms with Gasteiger partial charge in [0.2, 0.25) is 5.78 Å². The third kappa shape index (κ3) is 2.76. The number of hydrogen-bond donors (Lipinski definition) is 1. The van der Waals surface area contributed by atoms with Crippen LogP contribution in [0.3, 0.4) is 0 Å². The Morgan fingerprint density at radius 2 is 1.88 bits per heavy atom. The van der Waals surface area contributed by atoms with Crippen LogP contribution in [0.15, 0.2) is 54.9 Å². The van der Waals surface area contributed by atoms with Crippen molar-refractivity contribution in [3.05, 3.63) is 88.7 Å². The average molecular weight is 368 g/mol. The molecule has 6 heteroatoms. The molecule has 0 fully saturated rings. The van der Waals surface area contributed by atoms with Crippen molar-refractivity contribution in [3.8, 4) is 11.1 Å². The molecular weight excluding hydrogens is 358 g/mol. The molecule has 0 spiro atoms. The van der Waals surface area contributed by atoms with Gasteiger partial charge in [0.15, 0.2) is 0 Å². The summed E-state index contributed by atoms with van der Waals surface area (Å²) in [5.41, 5.74) is 1.56. The Morgan fingerprint density at radius 1 is 1.12 bits per heavy atom. The van der Waals surface area contributed by atoms with E-state index in [0.29, 0.717) is 16.1 Å². The number of benzene rings is 2. The smallest absolute Gasteiger partial charge is 0.201 e. The Kier molecular flexibility index (Phi) is 4.01. The number of nitrogens with zero attached hydrogens (tertiary/aromatic N) is 1. The third-order valence-electron chi connectivity index (χ3n) is 4.08. The second-order valence-electron chi connectivity index (χ2n) is 5.67. The van der Waals surface area contributed by atoms with Gasteiger partial charge in [-0.3, -0.25) is 4.79 Å². The fourth-order valence-electron chi connectivity index (χ4n) is 2.78. The zero-order valence-corrected chi connectivity index (χ0v) is 13.9. The van der Waals surface area contributed by atoms with E-state index >= 15 is 0 Å². The lowest BCUT2D eigenvalue weighted by Gasteiger charge is -2.05. The lowest BCUT2D eigenvalue weighted by Crippen LogP contribution is -2.07. The van der Waals surface area contributed by atoms with Crippen LogP contribution < -0.4 is 0 Å². The minimum absolute atomic E-state index is 0.140. The Bertz CT molecular complexity index is 1120. The first-order chi connectivity index (χ1) is 12.5. The number of carbonyl (C=O) groups excluding carboxylic acids is 1. The fourth-order valence-corrected chi connectivity index (χ4v) is 2.91. The molecule has 3 nitrogen and oxygen atoms in total. The number of fused-ring (bicyclic) bond motifs is 1. The van der Waals surface area contributed by atoms with Gasteiger partial charge in [0, 0.05) is 40.0 Å². The summed E-state index contributed by atoms with van der Waals surface area (Å²) in [5, 5.41) is 1.08. The molecule has 1 radical (unpaired) electrons. The van der Waals surface area contributed by atoms with Gasteiger partial charge in [0.1, 0.15) is 17.3 Å². The summed E-state index contributed by atoms with van der Waals surface area (Å²) in [5.74, 6) is -2.72. The summed E-state index contributed by atoms with van der Waals surface area (Å²) in [6.07, 6.45) is 3.05. The summed E-state index contributed by atoms with van der Waals surface area (Å²) in [4.78, 5) is 19.8. The maximum Gasteiger partial charge on any atom is 0.201 e. The van der Waals surface area contributed by atoms with Crippen molar-refractivity contribution < 1.29 is 13.6 Å². The number of aromatic nitrogens is 2. The van der Waals surface area contributed by atoms with Crippen LogP contribution in [0, 0.1) is 17.7 Å².